The van der Waals surface area contributed by atoms with Gasteiger partial charge in [0.2, 0.25) is 5.72 Å². The topological polar surface area (TPSA) is 202 Å². The average molecular weight is 329 g/mol. The molecule has 6 N–H and O–H groups in total. The first kappa shape index (κ1) is 16.6. The lowest BCUT2D eigenvalue weighted by molar-refractivity contribution is -0.124. The first-order valence-electron chi connectivity index (χ1n) is 6.13. The number of halogens is 1. The van der Waals surface area contributed by atoms with E-state index in [-0.39, 0.29) is 5.56 Å². The molecule has 1 fully saturated rings. The number of carbonyl (C=O) groups is 1. The molecule has 0 aliphatic carbocycles. The summed E-state index contributed by atoms with van der Waals surface area (Å²) < 4.78 is 19.8. The van der Waals surface area contributed by atoms with Crippen molar-refractivity contribution in [3.8, 4) is 0 Å². The quantitative estimate of drug-likeness (QED) is 0.282. The van der Waals surface area contributed by atoms with Gasteiger partial charge in [-0.05, 0) is 5.53 Å². The molecule has 12 nitrogen and oxygen atoms in total. The zero-order chi connectivity index (χ0) is 17.4. The zero-order valence-electron chi connectivity index (χ0n) is 11.4. The Morgan fingerprint density at radius 2 is 2.35 bits per heavy atom. The smallest absolute Gasteiger partial charge is 0.351 e. The SMILES string of the molecule is [N-]=[N+]=N[C@]1(CO)OC(n2cc(C(N)=O)c(N)nc2=O)[C@@H](F)[C@@H]1O. The number of hydrogen-bond acceptors (Lipinski definition) is 8. The summed E-state index contributed by atoms with van der Waals surface area (Å²) in [6, 6.07) is 0. The van der Waals surface area contributed by atoms with E-state index in [4.69, 9.17) is 21.7 Å². The Labute approximate surface area is 126 Å². The highest BCUT2D eigenvalue weighted by Crippen LogP contribution is 2.39. The van der Waals surface area contributed by atoms with Crippen LogP contribution in [0.25, 0.3) is 10.4 Å². The molecule has 0 aromatic carbocycles. The number of amides is 1. The number of rotatable bonds is 4. The van der Waals surface area contributed by atoms with Crippen LogP contribution in [0, 0.1) is 0 Å². The van der Waals surface area contributed by atoms with Gasteiger partial charge in [-0.3, -0.25) is 9.36 Å². The number of nitrogen functional groups attached to an aromatic ring is 1. The lowest BCUT2D eigenvalue weighted by atomic mass is 10.1. The molecule has 1 aliphatic heterocycles. The number of aliphatic hydroxyl groups excluding tert-OH is 2. The highest BCUT2D eigenvalue weighted by molar-refractivity contribution is 5.96. The van der Waals surface area contributed by atoms with Crippen LogP contribution in [0.15, 0.2) is 16.1 Å². The monoisotopic (exact) mass is 329 g/mol. The van der Waals surface area contributed by atoms with Gasteiger partial charge in [-0.2, -0.15) is 4.98 Å². The summed E-state index contributed by atoms with van der Waals surface area (Å²) in [6.07, 6.45) is -5.34. The highest BCUT2D eigenvalue weighted by Gasteiger charge is 2.56. The average Bonchev–Trinajstić information content (AvgIpc) is 2.73. The second-order valence-corrected chi connectivity index (χ2v) is 4.68. The van der Waals surface area contributed by atoms with Gasteiger partial charge in [0, 0.05) is 11.1 Å². The van der Waals surface area contributed by atoms with Crippen LogP contribution in [0.1, 0.15) is 16.6 Å². The lowest BCUT2D eigenvalue weighted by Gasteiger charge is -2.23. The van der Waals surface area contributed by atoms with Crippen LogP contribution in [0.4, 0.5) is 10.2 Å². The van der Waals surface area contributed by atoms with Crippen LogP contribution in [0.2, 0.25) is 0 Å². The summed E-state index contributed by atoms with van der Waals surface area (Å²) in [7, 11) is 0. The Balaban J connectivity index is 2.55. The van der Waals surface area contributed by atoms with Gasteiger partial charge in [0.1, 0.15) is 11.9 Å². The van der Waals surface area contributed by atoms with Gasteiger partial charge in [0.15, 0.2) is 12.4 Å². The summed E-state index contributed by atoms with van der Waals surface area (Å²) in [4.78, 5) is 28.7. The van der Waals surface area contributed by atoms with E-state index in [0.717, 1.165) is 6.20 Å². The van der Waals surface area contributed by atoms with Crippen molar-refractivity contribution in [2.45, 2.75) is 24.2 Å². The summed E-state index contributed by atoms with van der Waals surface area (Å²) in [6.45, 7) is -1.05. The number of ether oxygens (including phenoxy) is 1. The van der Waals surface area contributed by atoms with Gasteiger partial charge in [-0.15, -0.1) is 0 Å². The second kappa shape index (κ2) is 5.81. The Bertz CT molecular complexity index is 748. The van der Waals surface area contributed by atoms with Crippen molar-refractivity contribution in [1.82, 2.24) is 9.55 Å². The number of primary amides is 1. The summed E-state index contributed by atoms with van der Waals surface area (Å²) in [5.74, 6) is -1.49. The molecule has 1 amide bonds. The fraction of sp³-hybridized carbons (Fsp3) is 0.500. The second-order valence-electron chi connectivity index (χ2n) is 4.68. The maximum Gasteiger partial charge on any atom is 0.351 e. The summed E-state index contributed by atoms with van der Waals surface area (Å²) >= 11 is 0. The van der Waals surface area contributed by atoms with E-state index in [1.54, 1.807) is 0 Å². The number of carbonyl (C=O) groups excluding carboxylic acids is 1. The van der Waals surface area contributed by atoms with E-state index >= 15 is 0 Å². The van der Waals surface area contributed by atoms with Crippen LogP contribution >= 0.6 is 0 Å². The van der Waals surface area contributed by atoms with Gasteiger partial charge in [0.25, 0.3) is 5.91 Å². The van der Waals surface area contributed by atoms with Crippen molar-refractivity contribution in [1.29, 1.82) is 0 Å². The Kier molecular flexibility index (Phi) is 4.20. The molecule has 23 heavy (non-hydrogen) atoms. The molecule has 1 aromatic rings. The Hall–Kier alpha value is -2.73. The molecule has 1 saturated heterocycles. The van der Waals surface area contributed by atoms with Gasteiger partial charge >= 0.3 is 5.69 Å². The molecule has 4 atom stereocenters. The molecule has 2 rings (SSSR count). The predicted molar refractivity (Wildman–Crippen MR) is 71.4 cm³/mol. The molecule has 1 aromatic heterocycles. The van der Waals surface area contributed by atoms with E-state index < -0.39 is 48.3 Å². The first-order chi connectivity index (χ1) is 10.8. The normalized spacial score (nSPS) is 30.0. The van der Waals surface area contributed by atoms with Crippen molar-refractivity contribution in [2.24, 2.45) is 10.8 Å². The fourth-order valence-corrected chi connectivity index (χ4v) is 2.13. The van der Waals surface area contributed by atoms with Gasteiger partial charge < -0.3 is 26.4 Å². The standard InChI is InChI=1S/C10H12FN7O5/c11-4-5(20)10(2-19,16-17-14)23-8(4)18-1-3(7(13)21)6(12)15-9(18)22/h1,4-5,8,19-20H,2H2,(H2,13,21)(H2,12,15,22)/t4-,5-,8?,10+/m0/s1. The van der Waals surface area contributed by atoms with Crippen LogP contribution in [0.3, 0.4) is 0 Å². The lowest BCUT2D eigenvalue weighted by Crippen LogP contribution is -2.43. The third-order valence-electron chi connectivity index (χ3n) is 3.32. The van der Waals surface area contributed by atoms with E-state index in [1.165, 1.54) is 0 Å². The third kappa shape index (κ3) is 2.57. The largest absolute Gasteiger partial charge is 0.393 e. The molecule has 0 radical (unpaired) electrons. The predicted octanol–water partition coefficient (Wildman–Crippen LogP) is -1.85. The van der Waals surface area contributed by atoms with Gasteiger partial charge in [-0.1, -0.05) is 5.11 Å². The Morgan fingerprint density at radius 3 is 2.87 bits per heavy atom. The number of aromatic nitrogens is 2. The van der Waals surface area contributed by atoms with Crippen LogP contribution in [-0.2, 0) is 4.74 Å². The van der Waals surface area contributed by atoms with E-state index in [1.807, 2.05) is 0 Å². The third-order valence-corrected chi connectivity index (χ3v) is 3.32. The minimum absolute atomic E-state index is 0.375. The van der Waals surface area contributed by atoms with Gasteiger partial charge in [0.05, 0.1) is 12.2 Å². The number of anilines is 1. The number of nitrogens with two attached hydrogens (primary N) is 2. The number of azide groups is 1. The van der Waals surface area contributed by atoms with Crippen LogP contribution in [0.5, 0.6) is 0 Å². The van der Waals surface area contributed by atoms with Crippen LogP contribution < -0.4 is 17.2 Å². The van der Waals surface area contributed by atoms with Crippen molar-refractivity contribution in [3.05, 3.63) is 32.7 Å². The van der Waals surface area contributed by atoms with E-state index in [9.17, 15) is 24.2 Å². The zero-order valence-corrected chi connectivity index (χ0v) is 11.4. The van der Waals surface area contributed by atoms with Crippen molar-refractivity contribution >= 4 is 11.7 Å². The molecule has 13 heteroatoms. The number of nitrogens with zero attached hydrogens (tertiary/aromatic N) is 5. The van der Waals surface area contributed by atoms with Crippen LogP contribution in [-0.4, -0.2) is 50.3 Å². The maximum absolute atomic E-state index is 14.3. The highest BCUT2D eigenvalue weighted by atomic mass is 19.1. The molecule has 1 aliphatic rings. The van der Waals surface area contributed by atoms with Crippen molar-refractivity contribution in [3.63, 3.8) is 0 Å². The molecule has 2 heterocycles. The minimum atomic E-state index is -2.33. The summed E-state index contributed by atoms with van der Waals surface area (Å²) in [5.41, 5.74) is 15.1. The molecule has 0 saturated carbocycles. The summed E-state index contributed by atoms with van der Waals surface area (Å²) in [5, 5.41) is 22.1. The molecule has 0 bridgehead atoms. The van der Waals surface area contributed by atoms with Crippen molar-refractivity contribution < 1.29 is 24.1 Å². The number of hydrogen-bond donors (Lipinski definition) is 4. The maximum atomic E-state index is 14.3. The fourth-order valence-electron chi connectivity index (χ4n) is 2.13. The Morgan fingerprint density at radius 1 is 1.70 bits per heavy atom. The minimum Gasteiger partial charge on any atom is -0.393 e. The van der Waals surface area contributed by atoms with Gasteiger partial charge in [-0.25, -0.2) is 9.18 Å². The molecule has 1 unspecified atom stereocenters. The molecule has 124 valence electrons. The molecular weight excluding hydrogens is 317 g/mol. The number of aliphatic hydroxyl groups is 2. The van der Waals surface area contributed by atoms with E-state index in [2.05, 4.69) is 15.0 Å². The molecular formula is C10H12FN7O5. The van der Waals surface area contributed by atoms with E-state index in [0.29, 0.717) is 4.57 Å². The first-order valence-corrected chi connectivity index (χ1v) is 6.13. The van der Waals surface area contributed by atoms with Crippen molar-refractivity contribution in [2.75, 3.05) is 12.3 Å². The molecule has 0 spiro atoms. The number of alkyl halides is 1.